The average molecular weight is 261 g/mol. The van der Waals surface area contributed by atoms with Gasteiger partial charge in [0, 0.05) is 36.9 Å². The quantitative estimate of drug-likeness (QED) is 0.908. The highest BCUT2D eigenvalue weighted by Crippen LogP contribution is 2.23. The molecule has 2 rings (SSSR count). The lowest BCUT2D eigenvalue weighted by Gasteiger charge is -2.43. The molecule has 1 aliphatic heterocycles. The Morgan fingerprint density at radius 2 is 1.68 bits per heavy atom. The topological polar surface area (TPSA) is 32.5 Å². The Balaban J connectivity index is 2.10. The first-order valence-corrected chi connectivity index (χ1v) is 7.35. The molecule has 0 spiro atoms. The Morgan fingerprint density at radius 3 is 2.16 bits per heavy atom. The molecule has 1 aromatic rings. The highest BCUT2D eigenvalue weighted by atomic mass is 15.3. The van der Waals surface area contributed by atoms with Gasteiger partial charge in [-0.15, -0.1) is 0 Å². The predicted molar refractivity (Wildman–Crippen MR) is 82.6 cm³/mol. The lowest BCUT2D eigenvalue weighted by atomic mass is 10.0. The second-order valence-electron chi connectivity index (χ2n) is 5.87. The molecule has 106 valence electrons. The lowest BCUT2D eigenvalue weighted by molar-refractivity contribution is 0.170. The van der Waals surface area contributed by atoms with E-state index in [-0.39, 0.29) is 6.04 Å². The second-order valence-corrected chi connectivity index (χ2v) is 5.87. The van der Waals surface area contributed by atoms with Gasteiger partial charge in [-0.05, 0) is 45.0 Å². The molecule has 1 heterocycles. The van der Waals surface area contributed by atoms with E-state index in [2.05, 4.69) is 61.9 Å². The van der Waals surface area contributed by atoms with Crippen LogP contribution in [0.25, 0.3) is 0 Å². The highest BCUT2D eigenvalue weighted by Gasteiger charge is 2.26. The van der Waals surface area contributed by atoms with Gasteiger partial charge in [0.1, 0.15) is 0 Å². The molecule has 2 unspecified atom stereocenters. The molecule has 3 nitrogen and oxygen atoms in total. The van der Waals surface area contributed by atoms with Gasteiger partial charge in [0.2, 0.25) is 0 Å². The third-order valence-electron chi connectivity index (χ3n) is 4.49. The van der Waals surface area contributed by atoms with Gasteiger partial charge in [-0.2, -0.15) is 0 Å². The van der Waals surface area contributed by atoms with Crippen molar-refractivity contribution in [2.24, 2.45) is 5.73 Å². The molecule has 0 aliphatic carbocycles. The number of nitrogens with zero attached hydrogens (tertiary/aromatic N) is 2. The number of likely N-dealkylation sites (N-methyl/N-ethyl adjacent to an activating group) is 1. The zero-order valence-electron chi connectivity index (χ0n) is 12.6. The van der Waals surface area contributed by atoms with E-state index in [1.807, 2.05) is 0 Å². The van der Waals surface area contributed by atoms with Crippen molar-refractivity contribution < 1.29 is 0 Å². The van der Waals surface area contributed by atoms with E-state index < -0.39 is 0 Å². The maximum atomic E-state index is 6.06. The lowest BCUT2D eigenvalue weighted by Crippen LogP contribution is -2.55. The molecule has 0 radical (unpaired) electrons. The van der Waals surface area contributed by atoms with E-state index in [0.717, 1.165) is 19.5 Å². The Morgan fingerprint density at radius 1 is 1.16 bits per heavy atom. The van der Waals surface area contributed by atoms with Crippen LogP contribution < -0.4 is 10.6 Å². The van der Waals surface area contributed by atoms with Crippen LogP contribution in [0.5, 0.6) is 0 Å². The van der Waals surface area contributed by atoms with Gasteiger partial charge in [0.15, 0.2) is 0 Å². The van der Waals surface area contributed by atoms with Crippen LogP contribution in [0.3, 0.4) is 0 Å². The number of hydrogen-bond donors (Lipinski definition) is 1. The minimum Gasteiger partial charge on any atom is -0.368 e. The monoisotopic (exact) mass is 261 g/mol. The number of rotatable bonds is 3. The van der Waals surface area contributed by atoms with Crippen molar-refractivity contribution in [3.05, 3.63) is 29.8 Å². The van der Waals surface area contributed by atoms with Gasteiger partial charge in [-0.3, -0.25) is 4.90 Å². The largest absolute Gasteiger partial charge is 0.368 e. The molecular weight excluding hydrogens is 234 g/mol. The van der Waals surface area contributed by atoms with E-state index in [9.17, 15) is 0 Å². The fourth-order valence-electron chi connectivity index (χ4n) is 2.78. The maximum absolute atomic E-state index is 6.06. The molecule has 3 heteroatoms. The van der Waals surface area contributed by atoms with Gasteiger partial charge in [-0.1, -0.05) is 19.1 Å². The van der Waals surface area contributed by atoms with Gasteiger partial charge >= 0.3 is 0 Å². The number of nitrogens with two attached hydrogens (primary N) is 1. The molecule has 0 saturated carbocycles. The predicted octanol–water partition coefficient (Wildman–Crippen LogP) is 2.63. The zero-order valence-corrected chi connectivity index (χ0v) is 12.6. The summed E-state index contributed by atoms with van der Waals surface area (Å²) in [5, 5.41) is 0. The summed E-state index contributed by atoms with van der Waals surface area (Å²) in [6, 6.07) is 10.2. The fourth-order valence-corrected chi connectivity index (χ4v) is 2.78. The fraction of sp³-hybridized carbons (Fsp3) is 0.625. The van der Waals surface area contributed by atoms with Crippen LogP contribution in [-0.4, -0.2) is 37.1 Å². The third kappa shape index (κ3) is 3.10. The Hall–Kier alpha value is -1.06. The Labute approximate surface area is 117 Å². The minimum absolute atomic E-state index is 0.166. The Kier molecular flexibility index (Phi) is 4.48. The number of piperazine rings is 1. The minimum atomic E-state index is 0.166. The molecule has 1 aliphatic rings. The molecule has 19 heavy (non-hydrogen) atoms. The van der Waals surface area contributed by atoms with Crippen LogP contribution >= 0.6 is 0 Å². The van der Waals surface area contributed by atoms with Crippen molar-refractivity contribution in [2.75, 3.05) is 25.0 Å². The molecule has 3 atom stereocenters. The van der Waals surface area contributed by atoms with Crippen LogP contribution in [0.1, 0.15) is 38.8 Å². The van der Waals surface area contributed by atoms with Crippen LogP contribution in [0.2, 0.25) is 0 Å². The first kappa shape index (κ1) is 14.4. The molecule has 1 aromatic carbocycles. The van der Waals surface area contributed by atoms with Crippen molar-refractivity contribution in [1.29, 1.82) is 0 Å². The third-order valence-corrected chi connectivity index (χ3v) is 4.49. The number of hydrogen-bond acceptors (Lipinski definition) is 3. The summed E-state index contributed by atoms with van der Waals surface area (Å²) in [7, 11) is 2.22. The summed E-state index contributed by atoms with van der Waals surface area (Å²) >= 11 is 0. The first-order valence-electron chi connectivity index (χ1n) is 7.35. The molecular formula is C16H27N3. The van der Waals surface area contributed by atoms with Crippen molar-refractivity contribution >= 4 is 5.69 Å². The smallest absolute Gasteiger partial charge is 0.0367 e. The van der Waals surface area contributed by atoms with Crippen molar-refractivity contribution in [3.8, 4) is 0 Å². The molecule has 0 bridgehead atoms. The molecule has 1 saturated heterocycles. The summed E-state index contributed by atoms with van der Waals surface area (Å²) in [6.45, 7) is 8.91. The highest BCUT2D eigenvalue weighted by molar-refractivity contribution is 5.49. The van der Waals surface area contributed by atoms with Crippen molar-refractivity contribution in [1.82, 2.24) is 4.90 Å². The summed E-state index contributed by atoms with van der Waals surface area (Å²) in [6.07, 6.45) is 0.988. The molecule has 1 fully saturated rings. The van der Waals surface area contributed by atoms with Crippen LogP contribution in [0, 0.1) is 0 Å². The van der Waals surface area contributed by atoms with Crippen LogP contribution in [0.4, 0.5) is 5.69 Å². The van der Waals surface area contributed by atoms with Crippen LogP contribution in [-0.2, 0) is 0 Å². The molecule has 0 aromatic heterocycles. The summed E-state index contributed by atoms with van der Waals surface area (Å²) < 4.78 is 0. The average Bonchev–Trinajstić information content (AvgIpc) is 2.43. The van der Waals surface area contributed by atoms with Gasteiger partial charge in [0.05, 0.1) is 0 Å². The number of benzene rings is 1. The van der Waals surface area contributed by atoms with Crippen LogP contribution in [0.15, 0.2) is 24.3 Å². The molecule has 2 N–H and O–H groups in total. The zero-order chi connectivity index (χ0) is 14.0. The summed E-state index contributed by atoms with van der Waals surface area (Å²) in [5.41, 5.74) is 8.62. The SMILES string of the molecule is CC[C@H](N)c1ccc(N2CC(C)N(C)C(C)C2)cc1. The van der Waals surface area contributed by atoms with Gasteiger partial charge in [0.25, 0.3) is 0 Å². The maximum Gasteiger partial charge on any atom is 0.0367 e. The molecule has 0 amide bonds. The summed E-state index contributed by atoms with van der Waals surface area (Å²) in [5.74, 6) is 0. The summed E-state index contributed by atoms with van der Waals surface area (Å²) in [4.78, 5) is 4.94. The van der Waals surface area contributed by atoms with Gasteiger partial charge < -0.3 is 10.6 Å². The van der Waals surface area contributed by atoms with E-state index in [0.29, 0.717) is 12.1 Å². The normalized spacial score (nSPS) is 26.5. The first-order chi connectivity index (χ1) is 9.02. The van der Waals surface area contributed by atoms with Gasteiger partial charge in [-0.25, -0.2) is 0 Å². The standard InChI is InChI=1S/C16H27N3/c1-5-16(17)14-6-8-15(9-7-14)19-10-12(2)18(4)13(3)11-19/h6-9,12-13,16H,5,10-11,17H2,1-4H3/t12?,13?,16-/m0/s1. The van der Waals surface area contributed by atoms with E-state index in [1.54, 1.807) is 0 Å². The number of anilines is 1. The van der Waals surface area contributed by atoms with E-state index in [4.69, 9.17) is 5.73 Å². The van der Waals surface area contributed by atoms with E-state index >= 15 is 0 Å². The Bertz CT molecular complexity index is 389. The van der Waals surface area contributed by atoms with Crippen molar-refractivity contribution in [2.45, 2.75) is 45.3 Å². The second kappa shape index (κ2) is 5.93. The van der Waals surface area contributed by atoms with Crippen molar-refractivity contribution in [3.63, 3.8) is 0 Å². The van der Waals surface area contributed by atoms with E-state index in [1.165, 1.54) is 11.3 Å².